The van der Waals surface area contributed by atoms with Gasteiger partial charge in [-0.05, 0) is 36.7 Å². The van der Waals surface area contributed by atoms with Crippen molar-refractivity contribution >= 4 is 18.0 Å². The molecule has 1 unspecified atom stereocenters. The second-order valence-electron chi connectivity index (χ2n) is 3.19. The molecule has 1 aliphatic heterocycles. The summed E-state index contributed by atoms with van der Waals surface area (Å²) in [7, 11) is 0. The fourth-order valence-electron chi connectivity index (χ4n) is 1.43. The van der Waals surface area contributed by atoms with Gasteiger partial charge in [-0.15, -0.1) is 0 Å². The standard InChI is InChI=1S/C10H16OS/c11-7-3-1-2-5-10-6-4-8-12-9-10/h1-2,7,10H,3-6,8-9H2/b2-1-. The van der Waals surface area contributed by atoms with Crippen molar-refractivity contribution in [1.29, 1.82) is 0 Å². The molecule has 1 nitrogen and oxygen atoms in total. The maximum absolute atomic E-state index is 10.0. The molecule has 1 rings (SSSR count). The summed E-state index contributed by atoms with van der Waals surface area (Å²) >= 11 is 2.06. The number of thioether (sulfide) groups is 1. The molecule has 0 saturated carbocycles. The predicted octanol–water partition coefficient (Wildman–Crippen LogP) is 2.66. The van der Waals surface area contributed by atoms with Gasteiger partial charge in [0, 0.05) is 6.42 Å². The zero-order valence-electron chi connectivity index (χ0n) is 7.37. The Hall–Kier alpha value is -0.240. The van der Waals surface area contributed by atoms with E-state index in [0.29, 0.717) is 6.42 Å². The highest BCUT2D eigenvalue weighted by atomic mass is 32.2. The van der Waals surface area contributed by atoms with Crippen molar-refractivity contribution in [3.63, 3.8) is 0 Å². The number of carbonyl (C=O) groups excluding carboxylic acids is 1. The summed E-state index contributed by atoms with van der Waals surface area (Å²) in [5.74, 6) is 3.52. The van der Waals surface area contributed by atoms with Crippen LogP contribution < -0.4 is 0 Å². The Labute approximate surface area is 78.6 Å². The Kier molecular flexibility index (Phi) is 5.16. The van der Waals surface area contributed by atoms with E-state index in [2.05, 4.69) is 17.8 Å². The van der Waals surface area contributed by atoms with Crippen LogP contribution in [-0.4, -0.2) is 17.8 Å². The Morgan fingerprint density at radius 1 is 1.42 bits per heavy atom. The molecule has 0 aromatic heterocycles. The lowest BCUT2D eigenvalue weighted by Crippen LogP contribution is -2.08. The SMILES string of the molecule is O=CC/C=C\CC1CCCSC1. The number of carbonyl (C=O) groups is 1. The van der Waals surface area contributed by atoms with Crippen molar-refractivity contribution in [3.05, 3.63) is 12.2 Å². The summed E-state index contributed by atoms with van der Waals surface area (Å²) in [6, 6.07) is 0. The lowest BCUT2D eigenvalue weighted by molar-refractivity contribution is -0.107. The first-order chi connectivity index (χ1) is 5.93. The maximum Gasteiger partial charge on any atom is 0.123 e. The monoisotopic (exact) mass is 184 g/mol. The first-order valence-corrected chi connectivity index (χ1v) is 5.75. The van der Waals surface area contributed by atoms with E-state index in [1.807, 2.05) is 6.08 Å². The maximum atomic E-state index is 10.0. The molecular formula is C10H16OS. The molecule has 1 aliphatic rings. The van der Waals surface area contributed by atoms with Crippen molar-refractivity contribution in [1.82, 2.24) is 0 Å². The fraction of sp³-hybridized carbons (Fsp3) is 0.700. The van der Waals surface area contributed by atoms with E-state index in [4.69, 9.17) is 0 Å². The molecule has 0 bridgehead atoms. The van der Waals surface area contributed by atoms with Crippen molar-refractivity contribution in [3.8, 4) is 0 Å². The zero-order chi connectivity index (χ0) is 8.65. The van der Waals surface area contributed by atoms with Crippen LogP contribution in [0, 0.1) is 5.92 Å². The first-order valence-electron chi connectivity index (χ1n) is 4.60. The molecule has 0 radical (unpaired) electrons. The molecule has 0 amide bonds. The Morgan fingerprint density at radius 3 is 3.00 bits per heavy atom. The molecular weight excluding hydrogens is 168 g/mol. The summed E-state index contributed by atoms with van der Waals surface area (Å²) < 4.78 is 0. The van der Waals surface area contributed by atoms with Gasteiger partial charge in [0.25, 0.3) is 0 Å². The highest BCUT2D eigenvalue weighted by Gasteiger charge is 2.11. The van der Waals surface area contributed by atoms with Gasteiger partial charge in [-0.3, -0.25) is 0 Å². The Balaban J connectivity index is 2.08. The molecule has 12 heavy (non-hydrogen) atoms. The van der Waals surface area contributed by atoms with Crippen LogP contribution in [0.5, 0.6) is 0 Å². The van der Waals surface area contributed by atoms with Crippen molar-refractivity contribution < 1.29 is 4.79 Å². The molecule has 0 aromatic carbocycles. The topological polar surface area (TPSA) is 17.1 Å². The van der Waals surface area contributed by atoms with Crippen molar-refractivity contribution in [2.45, 2.75) is 25.7 Å². The third-order valence-corrected chi connectivity index (χ3v) is 3.41. The number of rotatable bonds is 4. The molecule has 0 N–H and O–H groups in total. The van der Waals surface area contributed by atoms with E-state index in [-0.39, 0.29) is 0 Å². The van der Waals surface area contributed by atoms with E-state index in [0.717, 1.165) is 12.2 Å². The first kappa shape index (κ1) is 9.85. The van der Waals surface area contributed by atoms with Crippen LogP contribution in [0.1, 0.15) is 25.7 Å². The predicted molar refractivity (Wildman–Crippen MR) is 54.5 cm³/mol. The van der Waals surface area contributed by atoms with Crippen LogP contribution in [-0.2, 0) is 4.79 Å². The number of allylic oxidation sites excluding steroid dienone is 2. The van der Waals surface area contributed by atoms with Crippen LogP contribution in [0.3, 0.4) is 0 Å². The molecule has 1 saturated heterocycles. The van der Waals surface area contributed by atoms with Gasteiger partial charge in [-0.2, -0.15) is 11.8 Å². The fourth-order valence-corrected chi connectivity index (χ4v) is 2.61. The van der Waals surface area contributed by atoms with Crippen molar-refractivity contribution in [2.75, 3.05) is 11.5 Å². The van der Waals surface area contributed by atoms with Crippen LogP contribution in [0.4, 0.5) is 0 Å². The third-order valence-electron chi connectivity index (χ3n) is 2.12. The van der Waals surface area contributed by atoms with Gasteiger partial charge in [0.1, 0.15) is 6.29 Å². The second kappa shape index (κ2) is 6.30. The summed E-state index contributed by atoms with van der Waals surface area (Å²) in [6.45, 7) is 0. The van der Waals surface area contributed by atoms with Crippen LogP contribution in [0.15, 0.2) is 12.2 Å². The van der Waals surface area contributed by atoms with Gasteiger partial charge >= 0.3 is 0 Å². The van der Waals surface area contributed by atoms with Crippen LogP contribution in [0.25, 0.3) is 0 Å². The average molecular weight is 184 g/mol. The number of hydrogen-bond acceptors (Lipinski definition) is 2. The summed E-state index contributed by atoms with van der Waals surface area (Å²) in [5, 5.41) is 0. The van der Waals surface area contributed by atoms with E-state index >= 15 is 0 Å². The lowest BCUT2D eigenvalue weighted by Gasteiger charge is -2.19. The van der Waals surface area contributed by atoms with Crippen LogP contribution in [0.2, 0.25) is 0 Å². The minimum Gasteiger partial charge on any atom is -0.303 e. The van der Waals surface area contributed by atoms with Gasteiger partial charge in [0.15, 0.2) is 0 Å². The van der Waals surface area contributed by atoms with Gasteiger partial charge < -0.3 is 4.79 Å². The highest BCUT2D eigenvalue weighted by molar-refractivity contribution is 7.99. The van der Waals surface area contributed by atoms with Crippen LogP contribution >= 0.6 is 11.8 Å². The highest BCUT2D eigenvalue weighted by Crippen LogP contribution is 2.25. The molecule has 0 spiro atoms. The van der Waals surface area contributed by atoms with E-state index < -0.39 is 0 Å². The normalized spacial score (nSPS) is 24.5. The lowest BCUT2D eigenvalue weighted by atomic mass is 10.0. The zero-order valence-corrected chi connectivity index (χ0v) is 8.19. The second-order valence-corrected chi connectivity index (χ2v) is 4.34. The summed E-state index contributed by atoms with van der Waals surface area (Å²) in [6.07, 6.45) is 9.58. The quantitative estimate of drug-likeness (QED) is 0.493. The minimum atomic E-state index is 0.583. The smallest absolute Gasteiger partial charge is 0.123 e. The Bertz CT molecular complexity index is 148. The largest absolute Gasteiger partial charge is 0.303 e. The number of hydrogen-bond donors (Lipinski definition) is 0. The van der Waals surface area contributed by atoms with Gasteiger partial charge in [-0.25, -0.2) is 0 Å². The molecule has 1 atom stereocenters. The molecule has 1 heterocycles. The average Bonchev–Trinajstić information content (AvgIpc) is 2.14. The van der Waals surface area contributed by atoms with Gasteiger partial charge in [-0.1, -0.05) is 12.2 Å². The van der Waals surface area contributed by atoms with E-state index in [1.165, 1.54) is 30.8 Å². The third kappa shape index (κ3) is 3.96. The minimum absolute atomic E-state index is 0.583. The molecule has 2 heteroatoms. The number of aldehydes is 1. The van der Waals surface area contributed by atoms with Gasteiger partial charge in [0.2, 0.25) is 0 Å². The summed E-state index contributed by atoms with van der Waals surface area (Å²) in [4.78, 5) is 10.0. The Morgan fingerprint density at radius 2 is 2.33 bits per heavy atom. The van der Waals surface area contributed by atoms with E-state index in [9.17, 15) is 4.79 Å². The molecule has 0 aliphatic carbocycles. The summed E-state index contributed by atoms with van der Waals surface area (Å²) in [5.41, 5.74) is 0. The van der Waals surface area contributed by atoms with Gasteiger partial charge in [0.05, 0.1) is 0 Å². The van der Waals surface area contributed by atoms with Crippen molar-refractivity contribution in [2.24, 2.45) is 5.92 Å². The van der Waals surface area contributed by atoms with E-state index in [1.54, 1.807) is 0 Å². The molecule has 68 valence electrons. The molecule has 1 fully saturated rings. The molecule has 0 aromatic rings.